The average molecular weight is 283 g/mol. The minimum Gasteiger partial charge on any atom is -0.332 e. The Morgan fingerprint density at radius 3 is 2.52 bits per heavy atom. The molecule has 1 saturated heterocycles. The van der Waals surface area contributed by atoms with E-state index in [4.69, 9.17) is 0 Å². The van der Waals surface area contributed by atoms with Gasteiger partial charge in [0.05, 0.1) is 6.04 Å². The van der Waals surface area contributed by atoms with Crippen LogP contribution in [0.5, 0.6) is 0 Å². The lowest BCUT2D eigenvalue weighted by Gasteiger charge is -2.45. The highest BCUT2D eigenvalue weighted by atomic mass is 16.2. The summed E-state index contributed by atoms with van der Waals surface area (Å²) in [6.45, 7) is 4.05. The molecular formula is C18H21NO2. The van der Waals surface area contributed by atoms with Crippen LogP contribution in [0.2, 0.25) is 0 Å². The predicted molar refractivity (Wildman–Crippen MR) is 81.8 cm³/mol. The van der Waals surface area contributed by atoms with Crippen molar-refractivity contribution >= 4 is 11.7 Å². The maximum atomic E-state index is 12.9. The Labute approximate surface area is 125 Å². The Kier molecular flexibility index (Phi) is 3.66. The molecule has 0 spiro atoms. The summed E-state index contributed by atoms with van der Waals surface area (Å²) in [5.74, 6) is -0.631. The number of carbonyl (C=O) groups excluding carboxylic acids is 2. The largest absolute Gasteiger partial charge is 0.332 e. The second-order valence-electron chi connectivity index (χ2n) is 6.19. The van der Waals surface area contributed by atoms with Crippen molar-refractivity contribution in [3.05, 3.63) is 48.0 Å². The number of fused-ring (bicyclic) bond motifs is 1. The number of hydrogen-bond donors (Lipinski definition) is 0. The van der Waals surface area contributed by atoms with Crippen LogP contribution in [0.15, 0.2) is 42.5 Å². The smallest absolute Gasteiger partial charge is 0.238 e. The molecule has 21 heavy (non-hydrogen) atoms. The number of Topliss-reactive ketones (excluding diaryl/α,β-unsaturated/α-hetero) is 1. The lowest BCUT2D eigenvalue weighted by Crippen LogP contribution is -2.58. The topological polar surface area (TPSA) is 37.4 Å². The molecule has 1 aliphatic carbocycles. The maximum Gasteiger partial charge on any atom is 0.238 e. The van der Waals surface area contributed by atoms with Gasteiger partial charge in [-0.25, -0.2) is 0 Å². The van der Waals surface area contributed by atoms with Crippen LogP contribution in [-0.2, 0) is 9.59 Å². The van der Waals surface area contributed by atoms with Gasteiger partial charge in [-0.1, -0.05) is 42.5 Å². The van der Waals surface area contributed by atoms with Gasteiger partial charge in [0.15, 0.2) is 5.78 Å². The van der Waals surface area contributed by atoms with Crippen LogP contribution in [0.25, 0.3) is 0 Å². The van der Waals surface area contributed by atoms with E-state index in [-0.39, 0.29) is 29.7 Å². The molecule has 1 aromatic carbocycles. The van der Waals surface area contributed by atoms with Crippen LogP contribution in [0.4, 0.5) is 0 Å². The van der Waals surface area contributed by atoms with Crippen molar-refractivity contribution in [3.8, 4) is 0 Å². The Balaban J connectivity index is 2.04. The fourth-order valence-electron chi connectivity index (χ4n) is 3.60. The molecule has 0 bridgehead atoms. The SMILES string of the molecule is CC(C)N1C(=O)[C@H](c2ccccc2)C(=O)[C@H]2CCC=C[C@H]21. The number of amides is 1. The van der Waals surface area contributed by atoms with Gasteiger partial charge in [-0.2, -0.15) is 0 Å². The van der Waals surface area contributed by atoms with E-state index in [0.717, 1.165) is 18.4 Å². The Morgan fingerprint density at radius 2 is 1.86 bits per heavy atom. The van der Waals surface area contributed by atoms with E-state index in [2.05, 4.69) is 6.08 Å². The van der Waals surface area contributed by atoms with Crippen LogP contribution >= 0.6 is 0 Å². The molecule has 1 fully saturated rings. The molecule has 1 aliphatic heterocycles. The molecule has 0 N–H and O–H groups in total. The van der Waals surface area contributed by atoms with Gasteiger partial charge in [-0.15, -0.1) is 0 Å². The minimum absolute atomic E-state index is 0.0472. The van der Waals surface area contributed by atoms with Crippen molar-refractivity contribution in [2.75, 3.05) is 0 Å². The van der Waals surface area contributed by atoms with Crippen molar-refractivity contribution in [1.82, 2.24) is 4.90 Å². The number of likely N-dealkylation sites (tertiary alicyclic amines) is 1. The lowest BCUT2D eigenvalue weighted by molar-refractivity contribution is -0.150. The summed E-state index contributed by atoms with van der Waals surface area (Å²) in [5, 5.41) is 0. The number of piperidine rings is 1. The number of allylic oxidation sites excluding steroid dienone is 1. The number of carbonyl (C=O) groups is 2. The van der Waals surface area contributed by atoms with Crippen LogP contribution in [0.3, 0.4) is 0 Å². The third-order valence-corrected chi connectivity index (χ3v) is 4.55. The highest BCUT2D eigenvalue weighted by molar-refractivity contribution is 6.10. The number of hydrogen-bond acceptors (Lipinski definition) is 2. The summed E-state index contributed by atoms with van der Waals surface area (Å²) in [5.41, 5.74) is 0.825. The summed E-state index contributed by atoms with van der Waals surface area (Å²) < 4.78 is 0. The monoisotopic (exact) mass is 283 g/mol. The van der Waals surface area contributed by atoms with E-state index < -0.39 is 5.92 Å². The number of ketones is 1. The van der Waals surface area contributed by atoms with Gasteiger partial charge in [0.25, 0.3) is 0 Å². The molecule has 1 amide bonds. The van der Waals surface area contributed by atoms with Gasteiger partial charge < -0.3 is 4.90 Å². The number of rotatable bonds is 2. The second-order valence-corrected chi connectivity index (χ2v) is 6.19. The highest BCUT2D eigenvalue weighted by Crippen LogP contribution is 2.38. The zero-order valence-corrected chi connectivity index (χ0v) is 12.5. The first-order chi connectivity index (χ1) is 10.1. The van der Waals surface area contributed by atoms with Crippen molar-refractivity contribution < 1.29 is 9.59 Å². The molecule has 110 valence electrons. The molecule has 3 nitrogen and oxygen atoms in total. The molecule has 3 heteroatoms. The van der Waals surface area contributed by atoms with Gasteiger partial charge in [0.2, 0.25) is 5.91 Å². The summed E-state index contributed by atoms with van der Waals surface area (Å²) in [7, 11) is 0. The molecule has 1 aromatic rings. The van der Waals surface area contributed by atoms with Gasteiger partial charge >= 0.3 is 0 Å². The minimum atomic E-state index is -0.624. The molecular weight excluding hydrogens is 262 g/mol. The standard InChI is InChI=1S/C18H21NO2/c1-12(2)19-15-11-7-6-10-14(15)17(20)16(18(19)21)13-8-4-3-5-9-13/h3-5,7-9,11-12,14-16H,6,10H2,1-2H3/t14-,15+,16+/m0/s1. The van der Waals surface area contributed by atoms with Crippen molar-refractivity contribution in [3.63, 3.8) is 0 Å². The molecule has 1 heterocycles. The number of nitrogens with zero attached hydrogens (tertiary/aromatic N) is 1. The van der Waals surface area contributed by atoms with Crippen LogP contribution in [0.1, 0.15) is 38.2 Å². The van der Waals surface area contributed by atoms with E-state index in [9.17, 15) is 9.59 Å². The summed E-state index contributed by atoms with van der Waals surface area (Å²) >= 11 is 0. The van der Waals surface area contributed by atoms with Gasteiger partial charge in [0, 0.05) is 12.0 Å². The third kappa shape index (κ3) is 2.31. The van der Waals surface area contributed by atoms with Gasteiger partial charge in [-0.05, 0) is 32.3 Å². The van der Waals surface area contributed by atoms with Crippen molar-refractivity contribution in [2.24, 2.45) is 5.92 Å². The first kappa shape index (κ1) is 14.1. The van der Waals surface area contributed by atoms with E-state index in [1.807, 2.05) is 55.2 Å². The molecule has 3 atom stereocenters. The van der Waals surface area contributed by atoms with E-state index in [0.29, 0.717) is 0 Å². The molecule has 2 aliphatic rings. The van der Waals surface area contributed by atoms with Gasteiger partial charge in [-0.3, -0.25) is 9.59 Å². The quantitative estimate of drug-likeness (QED) is 0.618. The molecule has 0 saturated carbocycles. The van der Waals surface area contributed by atoms with Crippen LogP contribution < -0.4 is 0 Å². The molecule has 3 rings (SSSR count). The highest BCUT2D eigenvalue weighted by Gasteiger charge is 2.48. The van der Waals surface area contributed by atoms with Crippen LogP contribution in [-0.4, -0.2) is 28.7 Å². The van der Waals surface area contributed by atoms with Crippen molar-refractivity contribution in [2.45, 2.75) is 44.7 Å². The second kappa shape index (κ2) is 5.47. The van der Waals surface area contributed by atoms with E-state index in [1.165, 1.54) is 0 Å². The lowest BCUT2D eigenvalue weighted by atomic mass is 9.73. The van der Waals surface area contributed by atoms with Gasteiger partial charge in [0.1, 0.15) is 5.92 Å². The predicted octanol–water partition coefficient (Wildman–Crippen LogP) is 2.92. The third-order valence-electron chi connectivity index (χ3n) is 4.55. The fourth-order valence-corrected chi connectivity index (χ4v) is 3.60. The summed E-state index contributed by atoms with van der Waals surface area (Å²) in [6.07, 6.45) is 5.92. The van der Waals surface area contributed by atoms with E-state index in [1.54, 1.807) is 0 Å². The van der Waals surface area contributed by atoms with E-state index >= 15 is 0 Å². The Bertz CT molecular complexity index is 576. The normalized spacial score (nSPS) is 28.9. The molecule has 0 unspecified atom stereocenters. The fraction of sp³-hybridized carbons (Fsp3) is 0.444. The maximum absolute atomic E-state index is 12.9. The average Bonchev–Trinajstić information content (AvgIpc) is 2.48. The first-order valence-electron chi connectivity index (χ1n) is 7.68. The zero-order chi connectivity index (χ0) is 15.0. The Hall–Kier alpha value is -1.90. The van der Waals surface area contributed by atoms with Crippen LogP contribution in [0, 0.1) is 5.92 Å². The van der Waals surface area contributed by atoms with Crippen molar-refractivity contribution in [1.29, 1.82) is 0 Å². The summed E-state index contributed by atoms with van der Waals surface area (Å²) in [6, 6.07) is 9.51. The molecule has 0 aromatic heterocycles. The Morgan fingerprint density at radius 1 is 1.14 bits per heavy atom. The molecule has 0 radical (unpaired) electrons. The number of benzene rings is 1. The summed E-state index contributed by atoms with van der Waals surface area (Å²) in [4.78, 5) is 27.7. The zero-order valence-electron chi connectivity index (χ0n) is 12.5. The first-order valence-corrected chi connectivity index (χ1v) is 7.68.